The number of fused-ring (bicyclic) bond motifs is 3. The molecule has 234 valence electrons. The highest BCUT2D eigenvalue weighted by Crippen LogP contribution is 2.50. The summed E-state index contributed by atoms with van der Waals surface area (Å²) >= 11 is 0. The summed E-state index contributed by atoms with van der Waals surface area (Å²) in [5, 5.41) is 8.35. The third kappa shape index (κ3) is 4.94. The Bertz CT molecular complexity index is 1670. The molecule has 4 aliphatic rings. The number of hydrogen-bond acceptors (Lipinski definition) is 10. The SMILES string of the molecule is COc1ccc2c(c1OC)C(=O)O[C@@H]2C1C2C(=CCN1C(=O)CCCn1nncc1-c1ccccc1)C=C1OCO[C@@H]1C2OC. The average molecular weight is 615 g/mol. The van der Waals surface area contributed by atoms with E-state index in [1.54, 1.807) is 24.3 Å². The van der Waals surface area contributed by atoms with Gasteiger partial charge in [0.2, 0.25) is 5.91 Å². The number of allylic oxidation sites excluding steroid dienone is 1. The van der Waals surface area contributed by atoms with Crippen LogP contribution in [0.2, 0.25) is 0 Å². The number of cyclic esters (lactones) is 1. The molecule has 12 heteroatoms. The van der Waals surface area contributed by atoms with E-state index in [2.05, 4.69) is 10.3 Å². The van der Waals surface area contributed by atoms with Gasteiger partial charge < -0.3 is 33.3 Å². The lowest BCUT2D eigenvalue weighted by atomic mass is 9.73. The highest BCUT2D eigenvalue weighted by molar-refractivity contribution is 5.98. The third-order valence-corrected chi connectivity index (χ3v) is 9.02. The van der Waals surface area contributed by atoms with E-state index in [0.717, 1.165) is 16.8 Å². The average Bonchev–Trinajstić information content (AvgIpc) is 3.82. The highest BCUT2D eigenvalue weighted by Gasteiger charge is 2.54. The second-order valence-corrected chi connectivity index (χ2v) is 11.3. The summed E-state index contributed by atoms with van der Waals surface area (Å²) in [6.07, 6.45) is 4.80. The molecule has 1 saturated heterocycles. The molecule has 1 aliphatic carbocycles. The van der Waals surface area contributed by atoms with E-state index in [0.29, 0.717) is 47.9 Å². The van der Waals surface area contributed by atoms with Crippen molar-refractivity contribution in [3.8, 4) is 22.8 Å². The van der Waals surface area contributed by atoms with Crippen LogP contribution in [0.15, 0.2) is 72.1 Å². The number of hydrogen-bond donors (Lipinski definition) is 0. The van der Waals surface area contributed by atoms with Gasteiger partial charge in [-0.3, -0.25) is 4.79 Å². The number of ether oxygens (including phenoxy) is 6. The summed E-state index contributed by atoms with van der Waals surface area (Å²) in [5.74, 6) is 0.450. The zero-order valence-electron chi connectivity index (χ0n) is 25.3. The van der Waals surface area contributed by atoms with Crippen molar-refractivity contribution in [1.29, 1.82) is 0 Å². The molecule has 0 saturated carbocycles. The van der Waals surface area contributed by atoms with Crippen molar-refractivity contribution in [2.45, 2.75) is 43.7 Å². The first-order valence-corrected chi connectivity index (χ1v) is 14.9. The molecule has 1 amide bonds. The molecular weight excluding hydrogens is 580 g/mol. The zero-order chi connectivity index (χ0) is 31.1. The van der Waals surface area contributed by atoms with Gasteiger partial charge in [-0.15, -0.1) is 5.10 Å². The number of carbonyl (C=O) groups is 2. The minimum absolute atomic E-state index is 0.0742. The molecule has 2 aromatic carbocycles. The van der Waals surface area contributed by atoms with Gasteiger partial charge in [0.1, 0.15) is 23.5 Å². The van der Waals surface area contributed by atoms with Gasteiger partial charge >= 0.3 is 5.97 Å². The van der Waals surface area contributed by atoms with Gasteiger partial charge in [0, 0.05) is 43.7 Å². The van der Waals surface area contributed by atoms with E-state index < -0.39 is 30.3 Å². The lowest BCUT2D eigenvalue weighted by Gasteiger charge is -2.47. The van der Waals surface area contributed by atoms with Gasteiger partial charge in [0.25, 0.3) is 0 Å². The number of amides is 1. The maximum absolute atomic E-state index is 14.1. The van der Waals surface area contributed by atoms with Crippen LogP contribution < -0.4 is 9.47 Å². The minimum Gasteiger partial charge on any atom is -0.493 e. The van der Waals surface area contributed by atoms with Gasteiger partial charge in [-0.05, 0) is 24.1 Å². The fourth-order valence-corrected chi connectivity index (χ4v) is 7.01. The van der Waals surface area contributed by atoms with Crippen molar-refractivity contribution in [1.82, 2.24) is 19.9 Å². The van der Waals surface area contributed by atoms with Gasteiger partial charge in [0.15, 0.2) is 18.3 Å². The van der Waals surface area contributed by atoms with Crippen molar-refractivity contribution < 1.29 is 38.0 Å². The smallest absolute Gasteiger partial charge is 0.343 e. The lowest BCUT2D eigenvalue weighted by Crippen LogP contribution is -2.57. The molecule has 0 spiro atoms. The summed E-state index contributed by atoms with van der Waals surface area (Å²) in [6.45, 7) is 0.961. The first-order valence-electron chi connectivity index (χ1n) is 14.9. The molecule has 3 aliphatic heterocycles. The van der Waals surface area contributed by atoms with E-state index in [9.17, 15) is 9.59 Å². The number of carbonyl (C=O) groups excluding carboxylic acids is 2. The zero-order valence-corrected chi connectivity index (χ0v) is 25.3. The van der Waals surface area contributed by atoms with Gasteiger partial charge in [-0.25, -0.2) is 9.48 Å². The van der Waals surface area contributed by atoms with E-state index in [4.69, 9.17) is 28.4 Å². The molecule has 45 heavy (non-hydrogen) atoms. The van der Waals surface area contributed by atoms with Crippen LogP contribution in [0.5, 0.6) is 11.5 Å². The summed E-state index contributed by atoms with van der Waals surface area (Å²) < 4.78 is 36.7. The van der Waals surface area contributed by atoms with E-state index in [-0.39, 0.29) is 25.0 Å². The maximum Gasteiger partial charge on any atom is 0.343 e. The quantitative estimate of drug-likeness (QED) is 0.330. The summed E-state index contributed by atoms with van der Waals surface area (Å²) in [5.41, 5.74) is 3.77. The normalized spacial score (nSPS) is 24.9. The molecule has 3 unspecified atom stereocenters. The molecule has 1 aromatic heterocycles. The Hall–Kier alpha value is -4.68. The van der Waals surface area contributed by atoms with Crippen LogP contribution in [-0.4, -0.2) is 84.7 Å². The number of rotatable bonds is 9. The van der Waals surface area contributed by atoms with Crippen molar-refractivity contribution in [3.05, 3.63) is 83.3 Å². The predicted molar refractivity (Wildman–Crippen MR) is 159 cm³/mol. The number of nitrogens with zero attached hydrogens (tertiary/aromatic N) is 4. The monoisotopic (exact) mass is 614 g/mol. The highest BCUT2D eigenvalue weighted by atomic mass is 16.7. The molecule has 3 aromatic rings. The topological polar surface area (TPSA) is 123 Å². The van der Waals surface area contributed by atoms with Gasteiger partial charge in [-0.2, -0.15) is 0 Å². The summed E-state index contributed by atoms with van der Waals surface area (Å²) in [4.78, 5) is 29.3. The first kappa shape index (κ1) is 29.1. The van der Waals surface area contributed by atoms with Crippen LogP contribution in [-0.2, 0) is 30.3 Å². The predicted octanol–water partition coefficient (Wildman–Crippen LogP) is 3.69. The maximum atomic E-state index is 14.1. The van der Waals surface area contributed by atoms with E-state index in [1.807, 2.05) is 53.2 Å². The van der Waals surface area contributed by atoms with Crippen molar-refractivity contribution in [2.24, 2.45) is 5.92 Å². The molecular formula is C33H34N4O8. The molecule has 5 atom stereocenters. The van der Waals surface area contributed by atoms with Crippen molar-refractivity contribution in [2.75, 3.05) is 34.7 Å². The van der Waals surface area contributed by atoms with Crippen LogP contribution in [0.1, 0.15) is 34.9 Å². The fraction of sp³-hybridized carbons (Fsp3) is 0.394. The summed E-state index contributed by atoms with van der Waals surface area (Å²) in [7, 11) is 4.62. The van der Waals surface area contributed by atoms with Crippen molar-refractivity contribution >= 4 is 11.9 Å². The second-order valence-electron chi connectivity index (χ2n) is 11.3. The Balaban J connectivity index is 1.21. The van der Waals surface area contributed by atoms with Crippen LogP contribution in [0, 0.1) is 5.92 Å². The molecule has 0 bridgehead atoms. The Morgan fingerprint density at radius 1 is 1.07 bits per heavy atom. The number of aryl methyl sites for hydroxylation is 1. The standard InChI is InChI=1S/C33H34N4O8/c1-40-23-12-11-21-27(30(23)41-2)33(39)45-29(21)28-26-20(16-24-31(32(26)42-3)44-18-43-24)13-15-36(28)25(38)10-7-14-37-22(17-34-35-37)19-8-5-4-6-9-19/h4-6,8-9,11-13,16-17,26,28-29,31-32H,7,10,14-15,18H2,1-3H3/t26?,28?,29-,31-,32?/m0/s1. The van der Waals surface area contributed by atoms with E-state index in [1.165, 1.54) is 14.2 Å². The van der Waals surface area contributed by atoms with E-state index >= 15 is 0 Å². The Kier molecular flexibility index (Phi) is 7.76. The Labute approximate surface area is 260 Å². The number of benzene rings is 2. The van der Waals surface area contributed by atoms with Crippen LogP contribution in [0.25, 0.3) is 11.3 Å². The van der Waals surface area contributed by atoms with Gasteiger partial charge in [-0.1, -0.05) is 47.7 Å². The number of esters is 1. The largest absolute Gasteiger partial charge is 0.493 e. The fourth-order valence-electron chi connectivity index (χ4n) is 7.01. The molecule has 1 fully saturated rings. The molecule has 12 nitrogen and oxygen atoms in total. The molecule has 7 rings (SSSR count). The van der Waals surface area contributed by atoms with Crippen molar-refractivity contribution in [3.63, 3.8) is 0 Å². The molecule has 4 heterocycles. The Morgan fingerprint density at radius 3 is 2.69 bits per heavy atom. The third-order valence-electron chi connectivity index (χ3n) is 9.02. The van der Waals surface area contributed by atoms with Crippen LogP contribution in [0.3, 0.4) is 0 Å². The number of methoxy groups -OCH3 is 3. The Morgan fingerprint density at radius 2 is 1.91 bits per heavy atom. The number of aromatic nitrogens is 3. The lowest BCUT2D eigenvalue weighted by molar-refractivity contribution is -0.142. The molecule has 0 radical (unpaired) electrons. The minimum atomic E-state index is -0.778. The molecule has 0 N–H and O–H groups in total. The first-order chi connectivity index (χ1) is 22.0. The summed E-state index contributed by atoms with van der Waals surface area (Å²) in [6, 6.07) is 12.9. The second kappa shape index (κ2) is 12.0. The van der Waals surface area contributed by atoms with Gasteiger partial charge in [0.05, 0.1) is 38.3 Å². The van der Waals surface area contributed by atoms with Crippen LogP contribution in [0.4, 0.5) is 0 Å². The van der Waals surface area contributed by atoms with Crippen LogP contribution >= 0.6 is 0 Å².